The molecule has 0 saturated heterocycles. The van der Waals surface area contributed by atoms with Crippen LogP contribution in [0.4, 0.5) is 0 Å². The average Bonchev–Trinajstić information content (AvgIpc) is 2.93. The van der Waals surface area contributed by atoms with Crippen molar-refractivity contribution in [1.82, 2.24) is 0 Å². The van der Waals surface area contributed by atoms with E-state index in [2.05, 4.69) is 55.4 Å². The zero-order valence-electron chi connectivity index (χ0n) is 25.6. The van der Waals surface area contributed by atoms with Crippen molar-refractivity contribution < 1.29 is 26.6 Å². The summed E-state index contributed by atoms with van der Waals surface area (Å²) in [6.07, 6.45) is 7.96. The van der Waals surface area contributed by atoms with Crippen LogP contribution >= 0.6 is 41.2 Å². The fourth-order valence-electron chi connectivity index (χ4n) is 3.25. The molecule has 0 aromatic rings. The molecule has 0 amide bonds. The Kier molecular flexibility index (Phi) is 27.3. The molecule has 230 valence electrons. The van der Waals surface area contributed by atoms with Crippen LogP contribution in [0.1, 0.15) is 107 Å². The zero-order valence-corrected chi connectivity index (χ0v) is 30.8. The fourth-order valence-corrected chi connectivity index (χ4v) is 16.8. The molecule has 0 fully saturated rings. The van der Waals surface area contributed by atoms with E-state index in [1.54, 1.807) is 0 Å². The third kappa shape index (κ3) is 19.7. The Labute approximate surface area is 253 Å². The van der Waals surface area contributed by atoms with Gasteiger partial charge < -0.3 is 26.6 Å². The van der Waals surface area contributed by atoms with Crippen molar-refractivity contribution in [2.45, 2.75) is 129 Å². The predicted molar refractivity (Wildman–Crippen MR) is 177 cm³/mol. The Balaban J connectivity index is 4.63. The fraction of sp³-hybridized carbons (Fsp3) is 1.00. The van der Waals surface area contributed by atoms with Gasteiger partial charge in [0, 0.05) is 62.2 Å². The van der Waals surface area contributed by atoms with Gasteiger partial charge >= 0.3 is 17.6 Å². The first-order valence-electron chi connectivity index (χ1n) is 14.8. The summed E-state index contributed by atoms with van der Waals surface area (Å²) in [7, 11) is 2.40. The van der Waals surface area contributed by atoms with Crippen LogP contribution in [0.2, 0.25) is 12.1 Å². The lowest BCUT2D eigenvalue weighted by atomic mass is 10.4. The minimum absolute atomic E-state index is 0.503. The predicted octanol–water partition coefficient (Wildman–Crippen LogP) is 9.66. The summed E-state index contributed by atoms with van der Waals surface area (Å²) in [5.41, 5.74) is 0. The molecular weight excluding hydrogens is 593 g/mol. The van der Waals surface area contributed by atoms with Crippen LogP contribution in [0.15, 0.2) is 0 Å². The second-order valence-electron chi connectivity index (χ2n) is 9.48. The van der Waals surface area contributed by atoms with E-state index in [9.17, 15) is 0 Å². The molecule has 0 aliphatic carbocycles. The molecule has 38 heavy (non-hydrogen) atoms. The van der Waals surface area contributed by atoms with Crippen molar-refractivity contribution in [1.29, 1.82) is 0 Å². The minimum Gasteiger partial charge on any atom is -0.373 e. The first-order valence-corrected chi connectivity index (χ1v) is 23.7. The largest absolute Gasteiger partial charge is 0.500 e. The maximum absolute atomic E-state index is 6.26. The molecule has 0 rings (SSSR count). The lowest BCUT2D eigenvalue weighted by molar-refractivity contribution is 0.0582. The van der Waals surface area contributed by atoms with Crippen LogP contribution in [-0.2, 0) is 26.6 Å². The third-order valence-electron chi connectivity index (χ3n) is 5.31. The highest BCUT2D eigenvalue weighted by atomic mass is 33.7. The molecule has 0 spiro atoms. The monoisotopic (exact) mass is 650 g/mol. The van der Waals surface area contributed by atoms with Gasteiger partial charge in [0.05, 0.1) is 0 Å². The molecule has 0 aliphatic heterocycles. The maximum atomic E-state index is 6.26. The highest BCUT2D eigenvalue weighted by Crippen LogP contribution is 2.48. The number of hydrogen-bond acceptors (Lipinski definition) is 10. The van der Waals surface area contributed by atoms with Crippen LogP contribution in [0.25, 0.3) is 0 Å². The first kappa shape index (κ1) is 39.6. The summed E-state index contributed by atoms with van der Waals surface area (Å²) in [4.78, 5) is 0. The van der Waals surface area contributed by atoms with Crippen LogP contribution in [-0.4, -0.2) is 67.8 Å². The second-order valence-corrected chi connectivity index (χ2v) is 21.6. The van der Waals surface area contributed by atoms with Gasteiger partial charge in [0.1, 0.15) is 0 Å². The molecule has 6 nitrogen and oxygen atoms in total. The van der Waals surface area contributed by atoms with Crippen molar-refractivity contribution in [2.24, 2.45) is 0 Å². The van der Waals surface area contributed by atoms with Gasteiger partial charge in [-0.1, -0.05) is 77.0 Å². The standard InChI is InChI=1S/C26H58O6S4Si2/c1-9-17-27-37(28-18-10-2,29-19-11-3)23-15-25(7)33-35-36-34-26(8)16-24-38(30-20-12-4,31-21-13-5)32-22-14-6/h25-26H,9-24H2,1-8H3. The molecule has 0 radical (unpaired) electrons. The Morgan fingerprint density at radius 3 is 0.895 bits per heavy atom. The van der Waals surface area contributed by atoms with Gasteiger partial charge in [-0.3, -0.25) is 0 Å². The van der Waals surface area contributed by atoms with E-state index < -0.39 is 17.6 Å². The van der Waals surface area contributed by atoms with Gasteiger partial charge in [-0.25, -0.2) is 0 Å². The van der Waals surface area contributed by atoms with Crippen LogP contribution < -0.4 is 0 Å². The van der Waals surface area contributed by atoms with Crippen LogP contribution in [0.5, 0.6) is 0 Å². The minimum atomic E-state index is -2.61. The van der Waals surface area contributed by atoms with Crippen molar-refractivity contribution in [3.63, 3.8) is 0 Å². The lowest BCUT2D eigenvalue weighted by Crippen LogP contribution is -2.47. The van der Waals surface area contributed by atoms with Gasteiger partial charge in [0.25, 0.3) is 0 Å². The molecular formula is C26H58O6S4Si2. The molecule has 0 bridgehead atoms. The van der Waals surface area contributed by atoms with Gasteiger partial charge in [0.15, 0.2) is 0 Å². The number of hydrogen-bond donors (Lipinski definition) is 0. The SMILES string of the molecule is CCCO[Si](CCC(C)SSSSC(C)CC[Si](OCCC)(OCCC)OCCC)(OCCC)OCCC. The summed E-state index contributed by atoms with van der Waals surface area (Å²) >= 11 is 0. The van der Waals surface area contributed by atoms with Gasteiger partial charge in [-0.2, -0.15) is 0 Å². The van der Waals surface area contributed by atoms with Crippen molar-refractivity contribution >= 4 is 58.8 Å². The van der Waals surface area contributed by atoms with Gasteiger partial charge in [0.2, 0.25) is 0 Å². The van der Waals surface area contributed by atoms with E-state index in [0.717, 1.165) is 63.5 Å². The lowest BCUT2D eigenvalue weighted by Gasteiger charge is -2.30. The molecule has 2 atom stereocenters. The summed E-state index contributed by atoms with van der Waals surface area (Å²) in [6, 6.07) is 1.77. The molecule has 0 saturated carbocycles. The first-order chi connectivity index (χ1) is 18.4. The second kappa shape index (κ2) is 26.2. The van der Waals surface area contributed by atoms with Crippen molar-refractivity contribution in [2.75, 3.05) is 39.6 Å². The Morgan fingerprint density at radius 1 is 0.447 bits per heavy atom. The summed E-state index contributed by atoms with van der Waals surface area (Å²) in [6.45, 7) is 21.7. The zero-order chi connectivity index (χ0) is 28.5. The van der Waals surface area contributed by atoms with E-state index in [4.69, 9.17) is 26.6 Å². The van der Waals surface area contributed by atoms with Crippen molar-refractivity contribution in [3.05, 3.63) is 0 Å². The normalized spacial score (nSPS) is 14.2. The molecule has 12 heteroatoms. The molecule has 0 aromatic heterocycles. The van der Waals surface area contributed by atoms with E-state index in [0.29, 0.717) is 50.1 Å². The van der Waals surface area contributed by atoms with E-state index in [-0.39, 0.29) is 0 Å². The van der Waals surface area contributed by atoms with Crippen molar-refractivity contribution in [3.8, 4) is 0 Å². The third-order valence-corrected chi connectivity index (χ3v) is 18.3. The summed E-state index contributed by atoms with van der Waals surface area (Å²) in [5, 5.41) is 1.01. The Hall–Kier alpha value is 1.59. The van der Waals surface area contributed by atoms with Crippen LogP contribution in [0, 0.1) is 0 Å². The highest BCUT2D eigenvalue weighted by molar-refractivity contribution is 9.26. The van der Waals surface area contributed by atoms with E-state index in [1.165, 1.54) is 0 Å². The van der Waals surface area contributed by atoms with E-state index in [1.807, 2.05) is 41.2 Å². The smallest absolute Gasteiger partial charge is 0.373 e. The quantitative estimate of drug-likeness (QED) is 0.0444. The molecule has 0 heterocycles. The topological polar surface area (TPSA) is 55.4 Å². The summed E-state index contributed by atoms with van der Waals surface area (Å²) < 4.78 is 37.6. The average molecular weight is 651 g/mol. The van der Waals surface area contributed by atoms with Crippen LogP contribution in [0.3, 0.4) is 0 Å². The molecule has 0 aliphatic rings. The molecule has 0 aromatic carbocycles. The van der Waals surface area contributed by atoms with Gasteiger partial charge in [-0.05, 0) is 71.0 Å². The van der Waals surface area contributed by atoms with E-state index >= 15 is 0 Å². The molecule has 0 N–H and O–H groups in total. The molecule has 2 unspecified atom stereocenters. The highest BCUT2D eigenvalue weighted by Gasteiger charge is 2.42. The Bertz CT molecular complexity index is 441. The summed E-state index contributed by atoms with van der Waals surface area (Å²) in [5.74, 6) is 0. The Morgan fingerprint density at radius 2 is 0.684 bits per heavy atom. The number of rotatable bonds is 29. The van der Waals surface area contributed by atoms with Gasteiger partial charge in [-0.15, -0.1) is 0 Å². The maximum Gasteiger partial charge on any atom is 0.500 e.